The highest BCUT2D eigenvalue weighted by Gasteiger charge is 2.44. The number of rotatable bonds is 16. The van der Waals surface area contributed by atoms with Gasteiger partial charge < -0.3 is 0 Å². The standard InChI is InChI=1S/C41H50/c1-3-5-7-9-11-21-31-41(32-22-12-10-8-6-4-2)38-28-20-19-27-36(38)37-30-29-35(33-23-15-13-16-24-33)39(40(37)41)34-25-17-14-18-26-34/h13-20,23-30H,3-12,21-22,31-32H2,1-2H3. The lowest BCUT2D eigenvalue weighted by molar-refractivity contribution is 0.398. The smallest absolute Gasteiger partial charge is 0.0221 e. The molecule has 0 radical (unpaired) electrons. The lowest BCUT2D eigenvalue weighted by atomic mass is 9.68. The van der Waals surface area contributed by atoms with Crippen molar-refractivity contribution >= 4 is 0 Å². The molecule has 0 unspecified atom stereocenters. The number of hydrogen-bond acceptors (Lipinski definition) is 0. The van der Waals surface area contributed by atoms with Gasteiger partial charge in [-0.3, -0.25) is 0 Å². The van der Waals surface area contributed by atoms with Crippen LogP contribution < -0.4 is 0 Å². The SMILES string of the molecule is CCCCCCCCC1(CCCCCCCC)c2ccccc2-c2ccc(-c3ccccc3)c(-c3ccccc3)c21. The maximum absolute atomic E-state index is 2.47. The van der Waals surface area contributed by atoms with Crippen LogP contribution in [0.1, 0.15) is 115 Å². The monoisotopic (exact) mass is 542 g/mol. The molecule has 0 saturated heterocycles. The summed E-state index contributed by atoms with van der Waals surface area (Å²) in [5.74, 6) is 0. The second-order valence-electron chi connectivity index (χ2n) is 12.3. The summed E-state index contributed by atoms with van der Waals surface area (Å²) in [7, 11) is 0. The first kappa shape index (κ1) is 29.4. The van der Waals surface area contributed by atoms with E-state index in [1.165, 1.54) is 123 Å². The Labute approximate surface area is 250 Å². The van der Waals surface area contributed by atoms with Gasteiger partial charge in [0.2, 0.25) is 0 Å². The molecule has 0 nitrogen and oxygen atoms in total. The van der Waals surface area contributed by atoms with Crippen molar-refractivity contribution in [2.75, 3.05) is 0 Å². The summed E-state index contributed by atoms with van der Waals surface area (Å²) in [6.45, 7) is 4.63. The van der Waals surface area contributed by atoms with Crippen molar-refractivity contribution in [1.82, 2.24) is 0 Å². The van der Waals surface area contributed by atoms with Crippen LogP contribution in [0.5, 0.6) is 0 Å². The number of benzene rings is 4. The summed E-state index contributed by atoms with van der Waals surface area (Å²) < 4.78 is 0. The quantitative estimate of drug-likeness (QED) is 0.123. The maximum Gasteiger partial charge on any atom is 0.0221 e. The van der Waals surface area contributed by atoms with E-state index in [1.807, 2.05) is 0 Å². The molecule has 0 N–H and O–H groups in total. The van der Waals surface area contributed by atoms with Gasteiger partial charge in [-0.15, -0.1) is 0 Å². The van der Waals surface area contributed by atoms with Gasteiger partial charge in [0.05, 0.1) is 0 Å². The van der Waals surface area contributed by atoms with Gasteiger partial charge in [-0.1, -0.05) is 188 Å². The van der Waals surface area contributed by atoms with Gasteiger partial charge >= 0.3 is 0 Å². The van der Waals surface area contributed by atoms with Crippen molar-refractivity contribution in [2.24, 2.45) is 0 Å². The first-order chi connectivity index (χ1) is 20.3. The first-order valence-electron chi connectivity index (χ1n) is 16.7. The average Bonchev–Trinajstić information content (AvgIpc) is 3.31. The summed E-state index contributed by atoms with van der Waals surface area (Å²) in [5, 5.41) is 0. The van der Waals surface area contributed by atoms with Crippen molar-refractivity contribution < 1.29 is 0 Å². The Morgan fingerprint density at radius 1 is 0.415 bits per heavy atom. The van der Waals surface area contributed by atoms with E-state index in [0.717, 1.165) is 0 Å². The van der Waals surface area contributed by atoms with Gasteiger partial charge in [0.25, 0.3) is 0 Å². The van der Waals surface area contributed by atoms with Crippen LogP contribution in [0.3, 0.4) is 0 Å². The number of unbranched alkanes of at least 4 members (excludes halogenated alkanes) is 10. The minimum atomic E-state index is 0.0669. The third kappa shape index (κ3) is 6.53. The fourth-order valence-electron chi connectivity index (χ4n) is 7.42. The minimum Gasteiger partial charge on any atom is -0.0654 e. The average molecular weight is 543 g/mol. The number of fused-ring (bicyclic) bond motifs is 3. The highest BCUT2D eigenvalue weighted by Crippen LogP contribution is 2.58. The molecule has 214 valence electrons. The van der Waals surface area contributed by atoms with Crippen molar-refractivity contribution in [3.63, 3.8) is 0 Å². The van der Waals surface area contributed by atoms with E-state index in [-0.39, 0.29) is 5.41 Å². The molecule has 41 heavy (non-hydrogen) atoms. The molecule has 0 spiro atoms. The molecule has 0 amide bonds. The molecule has 0 aromatic heterocycles. The Bertz CT molecular complexity index is 1330. The fraction of sp³-hybridized carbons (Fsp3) is 0.415. The van der Waals surface area contributed by atoms with Crippen LogP contribution in [0.25, 0.3) is 33.4 Å². The number of hydrogen-bond donors (Lipinski definition) is 0. The summed E-state index contributed by atoms with van der Waals surface area (Å²) in [5.41, 5.74) is 11.7. The molecule has 0 fully saturated rings. The van der Waals surface area contributed by atoms with Gasteiger partial charge in [0, 0.05) is 5.41 Å². The molecule has 0 heterocycles. The molecule has 4 aromatic carbocycles. The van der Waals surface area contributed by atoms with E-state index in [1.54, 1.807) is 11.1 Å². The molecular weight excluding hydrogens is 492 g/mol. The summed E-state index contributed by atoms with van der Waals surface area (Å²) in [6.07, 6.45) is 18.6. The van der Waals surface area contributed by atoms with Crippen molar-refractivity contribution in [3.8, 4) is 33.4 Å². The normalized spacial score (nSPS) is 13.2. The van der Waals surface area contributed by atoms with Crippen LogP contribution in [-0.4, -0.2) is 0 Å². The Morgan fingerprint density at radius 2 is 0.902 bits per heavy atom. The highest BCUT2D eigenvalue weighted by molar-refractivity contribution is 5.95. The molecule has 0 heteroatoms. The predicted molar refractivity (Wildman–Crippen MR) is 180 cm³/mol. The van der Waals surface area contributed by atoms with Crippen LogP contribution >= 0.6 is 0 Å². The Hall–Kier alpha value is -3.12. The van der Waals surface area contributed by atoms with Crippen LogP contribution in [0.15, 0.2) is 97.1 Å². The third-order valence-electron chi connectivity index (χ3n) is 9.48. The highest BCUT2D eigenvalue weighted by atomic mass is 14.5. The van der Waals surface area contributed by atoms with Crippen LogP contribution in [0, 0.1) is 0 Å². The van der Waals surface area contributed by atoms with E-state index in [9.17, 15) is 0 Å². The first-order valence-corrected chi connectivity index (χ1v) is 16.7. The zero-order chi connectivity index (χ0) is 28.3. The van der Waals surface area contributed by atoms with Crippen LogP contribution in [-0.2, 0) is 5.41 Å². The van der Waals surface area contributed by atoms with Crippen molar-refractivity contribution in [1.29, 1.82) is 0 Å². The maximum atomic E-state index is 2.47. The van der Waals surface area contributed by atoms with Gasteiger partial charge in [0.15, 0.2) is 0 Å². The Balaban J connectivity index is 1.64. The fourth-order valence-corrected chi connectivity index (χ4v) is 7.42. The van der Waals surface area contributed by atoms with E-state index in [0.29, 0.717) is 0 Å². The van der Waals surface area contributed by atoms with Gasteiger partial charge in [0.1, 0.15) is 0 Å². The molecule has 1 aliphatic rings. The zero-order valence-corrected chi connectivity index (χ0v) is 25.6. The van der Waals surface area contributed by atoms with Crippen LogP contribution in [0.2, 0.25) is 0 Å². The van der Waals surface area contributed by atoms with E-state index in [4.69, 9.17) is 0 Å². The predicted octanol–water partition coefficient (Wildman–Crippen LogP) is 12.8. The lowest BCUT2D eigenvalue weighted by Gasteiger charge is -2.35. The molecule has 1 aliphatic carbocycles. The van der Waals surface area contributed by atoms with Gasteiger partial charge in [-0.25, -0.2) is 0 Å². The minimum absolute atomic E-state index is 0.0669. The summed E-state index contributed by atoms with van der Waals surface area (Å²) in [6, 6.07) is 36.6. The van der Waals surface area contributed by atoms with Crippen molar-refractivity contribution in [2.45, 2.75) is 109 Å². The summed E-state index contributed by atoms with van der Waals surface area (Å²) in [4.78, 5) is 0. The van der Waals surface area contributed by atoms with Crippen LogP contribution in [0.4, 0.5) is 0 Å². The Kier molecular flexibility index (Phi) is 10.5. The molecular formula is C41H50. The second-order valence-corrected chi connectivity index (χ2v) is 12.3. The van der Waals surface area contributed by atoms with Gasteiger partial charge in [-0.2, -0.15) is 0 Å². The largest absolute Gasteiger partial charge is 0.0654 e. The Morgan fingerprint density at radius 3 is 1.51 bits per heavy atom. The molecule has 5 rings (SSSR count). The molecule has 0 saturated carbocycles. The summed E-state index contributed by atoms with van der Waals surface area (Å²) >= 11 is 0. The molecule has 4 aromatic rings. The lowest BCUT2D eigenvalue weighted by Crippen LogP contribution is -2.26. The zero-order valence-electron chi connectivity index (χ0n) is 25.6. The topological polar surface area (TPSA) is 0 Å². The van der Waals surface area contributed by atoms with Gasteiger partial charge in [-0.05, 0) is 57.3 Å². The van der Waals surface area contributed by atoms with E-state index < -0.39 is 0 Å². The third-order valence-corrected chi connectivity index (χ3v) is 9.48. The molecule has 0 aliphatic heterocycles. The second kappa shape index (κ2) is 14.7. The molecule has 0 atom stereocenters. The van der Waals surface area contributed by atoms with E-state index >= 15 is 0 Å². The van der Waals surface area contributed by atoms with Crippen molar-refractivity contribution in [3.05, 3.63) is 108 Å². The molecule has 0 bridgehead atoms. The van der Waals surface area contributed by atoms with E-state index in [2.05, 4.69) is 111 Å².